The van der Waals surface area contributed by atoms with Gasteiger partial charge in [0.1, 0.15) is 0 Å². The van der Waals surface area contributed by atoms with Gasteiger partial charge < -0.3 is 5.32 Å². The number of nitrogens with one attached hydrogen (secondary N) is 1. The molecule has 14 heavy (non-hydrogen) atoms. The maximum Gasteiger partial charge on any atom is -0.000000551 e. The van der Waals surface area contributed by atoms with Gasteiger partial charge >= 0.3 is 0 Å². The van der Waals surface area contributed by atoms with E-state index in [1.54, 1.807) is 0 Å². The molecule has 0 aliphatic heterocycles. The first kappa shape index (κ1) is 14.0. The summed E-state index contributed by atoms with van der Waals surface area (Å²) in [6.07, 6.45) is 0. The molecule has 0 heterocycles. The molecule has 1 N–H and O–H groups in total. The Balaban J connectivity index is 3.84. The summed E-state index contributed by atoms with van der Waals surface area (Å²) in [7, 11) is 0. The topological polar surface area (TPSA) is 12.0 Å². The first-order valence-corrected chi connectivity index (χ1v) is 5.94. The third-order valence-electron chi connectivity index (χ3n) is 2.75. The highest BCUT2D eigenvalue weighted by Gasteiger charge is 2.18. The van der Waals surface area contributed by atoms with Crippen LogP contribution < -0.4 is 5.32 Å². The molecule has 0 rings (SSSR count). The smallest absolute Gasteiger partial charge is 0.000000551 e. The largest absolute Gasteiger partial charge is 0.316 e. The Bertz CT molecular complexity index is 134. The van der Waals surface area contributed by atoms with Gasteiger partial charge in [-0.2, -0.15) is 0 Å². The summed E-state index contributed by atoms with van der Waals surface area (Å²) in [5.41, 5.74) is 0.401. The van der Waals surface area contributed by atoms with Crippen LogP contribution in [0.5, 0.6) is 0 Å². The van der Waals surface area contributed by atoms with E-state index in [2.05, 4.69) is 53.8 Å². The first-order chi connectivity index (χ1) is 6.24. The Kier molecular flexibility index (Phi) is 5.73. The van der Waals surface area contributed by atoms with Crippen LogP contribution in [0.1, 0.15) is 48.5 Å². The molecule has 0 spiro atoms. The minimum absolute atomic E-state index is 0.401. The van der Waals surface area contributed by atoms with Crippen LogP contribution in [0.15, 0.2) is 0 Å². The van der Waals surface area contributed by atoms with E-state index in [4.69, 9.17) is 0 Å². The van der Waals surface area contributed by atoms with Gasteiger partial charge in [-0.1, -0.05) is 48.5 Å². The molecule has 0 aliphatic rings. The van der Waals surface area contributed by atoms with Crippen LogP contribution in [0.3, 0.4) is 0 Å². The van der Waals surface area contributed by atoms with Crippen molar-refractivity contribution in [1.82, 2.24) is 5.32 Å². The third-order valence-corrected chi connectivity index (χ3v) is 2.75. The van der Waals surface area contributed by atoms with Gasteiger partial charge in [0, 0.05) is 0 Å². The fourth-order valence-corrected chi connectivity index (χ4v) is 1.86. The fraction of sp³-hybridized carbons (Fsp3) is 1.00. The molecule has 0 unspecified atom stereocenters. The molecule has 0 saturated carbocycles. The lowest BCUT2D eigenvalue weighted by Crippen LogP contribution is -2.34. The van der Waals surface area contributed by atoms with Crippen molar-refractivity contribution in [2.24, 2.45) is 23.2 Å². The highest BCUT2D eigenvalue weighted by Crippen LogP contribution is 2.20. The number of rotatable bonds is 5. The van der Waals surface area contributed by atoms with E-state index in [9.17, 15) is 0 Å². The second-order valence-corrected chi connectivity index (χ2v) is 6.34. The second kappa shape index (κ2) is 5.75. The van der Waals surface area contributed by atoms with E-state index >= 15 is 0 Å². The summed E-state index contributed by atoms with van der Waals surface area (Å²) in [4.78, 5) is 0. The zero-order valence-corrected chi connectivity index (χ0v) is 11.1. The number of hydrogen-bond donors (Lipinski definition) is 1. The lowest BCUT2D eigenvalue weighted by atomic mass is 9.85. The predicted molar refractivity (Wildman–Crippen MR) is 65.5 cm³/mol. The van der Waals surface area contributed by atoms with E-state index in [0.29, 0.717) is 5.41 Å². The molecule has 0 aromatic carbocycles. The molecular formula is C13H29N. The summed E-state index contributed by atoms with van der Waals surface area (Å²) >= 11 is 0. The molecule has 0 bridgehead atoms. The molecule has 0 radical (unpaired) electrons. The molecule has 0 aliphatic carbocycles. The van der Waals surface area contributed by atoms with Crippen molar-refractivity contribution in [2.45, 2.75) is 48.5 Å². The van der Waals surface area contributed by atoms with Crippen LogP contribution in [-0.2, 0) is 0 Å². The standard InChI is InChI=1S/C13H29N/c1-10(2)12(11(3)4)8-14-9-13(5,6)7/h10-12,14H,8-9H2,1-7H3. The molecule has 0 saturated heterocycles. The summed E-state index contributed by atoms with van der Waals surface area (Å²) in [6.45, 7) is 18.4. The van der Waals surface area contributed by atoms with Gasteiger partial charge in [0.2, 0.25) is 0 Å². The maximum absolute atomic E-state index is 3.59. The van der Waals surface area contributed by atoms with Gasteiger partial charge in [0.25, 0.3) is 0 Å². The normalized spacial score (nSPS) is 13.3. The molecule has 0 aromatic rings. The van der Waals surface area contributed by atoms with E-state index in [-0.39, 0.29) is 0 Å². The summed E-state index contributed by atoms with van der Waals surface area (Å²) in [6, 6.07) is 0. The van der Waals surface area contributed by atoms with Crippen LogP contribution >= 0.6 is 0 Å². The Hall–Kier alpha value is -0.0400. The van der Waals surface area contributed by atoms with E-state index < -0.39 is 0 Å². The summed E-state index contributed by atoms with van der Waals surface area (Å²) in [5.74, 6) is 2.36. The monoisotopic (exact) mass is 199 g/mol. The highest BCUT2D eigenvalue weighted by atomic mass is 14.9. The van der Waals surface area contributed by atoms with Crippen LogP contribution in [0.4, 0.5) is 0 Å². The van der Waals surface area contributed by atoms with Crippen LogP contribution in [0, 0.1) is 23.2 Å². The van der Waals surface area contributed by atoms with Crippen LogP contribution in [0.25, 0.3) is 0 Å². The fourth-order valence-electron chi connectivity index (χ4n) is 1.86. The number of hydrogen-bond acceptors (Lipinski definition) is 1. The highest BCUT2D eigenvalue weighted by molar-refractivity contribution is 4.72. The van der Waals surface area contributed by atoms with Crippen molar-refractivity contribution in [1.29, 1.82) is 0 Å². The van der Waals surface area contributed by atoms with E-state index in [1.165, 1.54) is 0 Å². The average Bonchev–Trinajstić information content (AvgIpc) is 1.94. The van der Waals surface area contributed by atoms with Crippen molar-refractivity contribution in [3.63, 3.8) is 0 Å². The minimum atomic E-state index is 0.401. The molecule has 0 aromatic heterocycles. The predicted octanol–water partition coefficient (Wildman–Crippen LogP) is 3.55. The first-order valence-electron chi connectivity index (χ1n) is 5.94. The lowest BCUT2D eigenvalue weighted by Gasteiger charge is -2.27. The molecule has 0 amide bonds. The van der Waals surface area contributed by atoms with Gasteiger partial charge in [-0.25, -0.2) is 0 Å². The minimum Gasteiger partial charge on any atom is -0.316 e. The van der Waals surface area contributed by atoms with Crippen molar-refractivity contribution >= 4 is 0 Å². The Morgan fingerprint density at radius 2 is 1.36 bits per heavy atom. The van der Waals surface area contributed by atoms with Crippen molar-refractivity contribution < 1.29 is 0 Å². The molecule has 86 valence electrons. The van der Waals surface area contributed by atoms with Crippen molar-refractivity contribution in [2.75, 3.05) is 13.1 Å². The zero-order valence-electron chi connectivity index (χ0n) is 11.1. The Morgan fingerprint density at radius 3 is 1.64 bits per heavy atom. The molecular weight excluding hydrogens is 170 g/mol. The van der Waals surface area contributed by atoms with Gasteiger partial charge in [0.05, 0.1) is 0 Å². The van der Waals surface area contributed by atoms with E-state index in [1.807, 2.05) is 0 Å². The van der Waals surface area contributed by atoms with Crippen LogP contribution in [0.2, 0.25) is 0 Å². The quantitative estimate of drug-likeness (QED) is 0.714. The zero-order chi connectivity index (χ0) is 11.4. The lowest BCUT2D eigenvalue weighted by molar-refractivity contribution is 0.260. The van der Waals surface area contributed by atoms with Gasteiger partial charge in [-0.15, -0.1) is 0 Å². The van der Waals surface area contributed by atoms with E-state index in [0.717, 1.165) is 30.8 Å². The van der Waals surface area contributed by atoms with Gasteiger partial charge in [0.15, 0.2) is 0 Å². The van der Waals surface area contributed by atoms with Gasteiger partial charge in [-0.3, -0.25) is 0 Å². The molecule has 0 fully saturated rings. The second-order valence-electron chi connectivity index (χ2n) is 6.34. The average molecular weight is 199 g/mol. The van der Waals surface area contributed by atoms with Gasteiger partial charge in [-0.05, 0) is 36.3 Å². The summed E-state index contributed by atoms with van der Waals surface area (Å²) < 4.78 is 0. The van der Waals surface area contributed by atoms with Crippen molar-refractivity contribution in [3.8, 4) is 0 Å². The maximum atomic E-state index is 3.59. The molecule has 1 nitrogen and oxygen atoms in total. The third kappa shape index (κ3) is 6.42. The van der Waals surface area contributed by atoms with Crippen molar-refractivity contribution in [3.05, 3.63) is 0 Å². The Morgan fingerprint density at radius 1 is 0.929 bits per heavy atom. The van der Waals surface area contributed by atoms with Crippen LogP contribution in [-0.4, -0.2) is 13.1 Å². The SMILES string of the molecule is CC(C)C(CNCC(C)(C)C)C(C)C. The molecule has 1 heteroatoms. The molecule has 0 atom stereocenters. The summed E-state index contributed by atoms with van der Waals surface area (Å²) in [5, 5.41) is 3.59. The Labute approximate surface area is 90.7 Å².